The lowest BCUT2D eigenvalue weighted by atomic mass is 9.68. The minimum absolute atomic E-state index is 0.0405. The van der Waals surface area contributed by atoms with Crippen molar-refractivity contribution in [1.82, 2.24) is 0 Å². The first-order chi connectivity index (χ1) is 17.7. The summed E-state index contributed by atoms with van der Waals surface area (Å²) in [5.41, 5.74) is 0.768. The van der Waals surface area contributed by atoms with Gasteiger partial charge in [0, 0.05) is 23.5 Å². The highest BCUT2D eigenvalue weighted by molar-refractivity contribution is 5.70. The molecule has 0 saturated heterocycles. The summed E-state index contributed by atoms with van der Waals surface area (Å²) in [5.74, 6) is -0.138. The molecule has 192 valence electrons. The average molecular weight is 500 g/mol. The Hall–Kier alpha value is -3.65. The number of hydrogen-bond acceptors (Lipinski definition) is 3. The first kappa shape index (κ1) is 26.4. The van der Waals surface area contributed by atoms with Crippen molar-refractivity contribution in [1.29, 1.82) is 0 Å². The van der Waals surface area contributed by atoms with Crippen LogP contribution in [0.1, 0.15) is 63.1 Å². The molecule has 3 atom stereocenters. The van der Waals surface area contributed by atoms with Crippen LogP contribution in [0.15, 0.2) is 78.9 Å². The molecule has 1 unspecified atom stereocenters. The van der Waals surface area contributed by atoms with E-state index in [4.69, 9.17) is 16.0 Å². The van der Waals surface area contributed by atoms with Gasteiger partial charge in [-0.3, -0.25) is 9.64 Å². The molecule has 1 aliphatic rings. The van der Waals surface area contributed by atoms with Crippen LogP contribution in [0, 0.1) is 24.2 Å². The van der Waals surface area contributed by atoms with E-state index in [0.29, 0.717) is 17.9 Å². The zero-order chi connectivity index (χ0) is 26.5. The fourth-order valence-electron chi connectivity index (χ4n) is 5.51. The molecule has 0 aliphatic heterocycles. The van der Waals surface area contributed by atoms with Gasteiger partial charge in [-0.2, -0.15) is 0 Å². The molecule has 3 aromatic carbocycles. The number of rotatable bonds is 8. The van der Waals surface area contributed by atoms with E-state index in [-0.39, 0.29) is 30.0 Å². The van der Waals surface area contributed by atoms with Gasteiger partial charge in [0.15, 0.2) is 0 Å². The van der Waals surface area contributed by atoms with Crippen molar-refractivity contribution in [2.45, 2.75) is 64.2 Å². The van der Waals surface area contributed by atoms with Gasteiger partial charge in [0.2, 0.25) is 0 Å². The lowest BCUT2D eigenvalue weighted by Crippen LogP contribution is -2.37. The van der Waals surface area contributed by atoms with Crippen LogP contribution in [-0.2, 0) is 21.7 Å². The Kier molecular flexibility index (Phi) is 7.97. The molecule has 0 heterocycles. The van der Waals surface area contributed by atoms with Gasteiger partial charge in [0.1, 0.15) is 23.8 Å². The second-order valence-electron chi connectivity index (χ2n) is 10.8. The molecule has 0 bridgehead atoms. The van der Waals surface area contributed by atoms with Crippen LogP contribution >= 0.6 is 0 Å². The number of benzene rings is 3. The molecular weight excluding hydrogens is 465 g/mol. The van der Waals surface area contributed by atoms with Crippen molar-refractivity contribution in [3.63, 3.8) is 0 Å². The van der Waals surface area contributed by atoms with E-state index in [1.165, 1.54) is 12.1 Å². The molecule has 4 nitrogen and oxygen atoms in total. The van der Waals surface area contributed by atoms with E-state index in [9.17, 15) is 9.18 Å². The number of carbonyl (C=O) groups is 1. The maximum absolute atomic E-state index is 14.5. The normalized spacial score (nSPS) is 19.0. The Bertz CT molecular complexity index is 1240. The Balaban J connectivity index is 1.67. The van der Waals surface area contributed by atoms with Crippen LogP contribution in [-0.4, -0.2) is 11.6 Å². The number of halogens is 1. The minimum atomic E-state index is -1.12. The number of nitrogens with zero attached hydrogens (tertiary/aromatic N) is 1. The Labute approximate surface area is 219 Å². The summed E-state index contributed by atoms with van der Waals surface area (Å²) >= 11 is 0. The molecule has 3 aromatic rings. The fraction of sp³-hybridized carbons (Fsp3) is 0.375. The van der Waals surface area contributed by atoms with Crippen LogP contribution in [0.4, 0.5) is 4.39 Å². The highest BCUT2D eigenvalue weighted by atomic mass is 19.1. The van der Waals surface area contributed by atoms with Crippen LogP contribution < -0.4 is 4.74 Å². The summed E-state index contributed by atoms with van der Waals surface area (Å²) in [6, 6.07) is 23.8. The summed E-state index contributed by atoms with van der Waals surface area (Å²) in [6.45, 7) is 14.4. The van der Waals surface area contributed by atoms with Crippen LogP contribution in [0.2, 0.25) is 0 Å². The summed E-state index contributed by atoms with van der Waals surface area (Å²) in [7, 11) is 0. The van der Waals surface area contributed by atoms with Crippen molar-refractivity contribution >= 4 is 5.97 Å². The largest absolute Gasteiger partial charge is 0.489 e. The van der Waals surface area contributed by atoms with Crippen LogP contribution in [0.25, 0.3) is 4.85 Å². The lowest BCUT2D eigenvalue weighted by Gasteiger charge is -2.33. The average Bonchev–Trinajstić information content (AvgIpc) is 3.32. The van der Waals surface area contributed by atoms with Crippen molar-refractivity contribution in [2.75, 3.05) is 0 Å². The Morgan fingerprint density at radius 3 is 2.35 bits per heavy atom. The van der Waals surface area contributed by atoms with Gasteiger partial charge in [-0.05, 0) is 81.5 Å². The van der Waals surface area contributed by atoms with E-state index in [1.807, 2.05) is 81.4 Å². The minimum Gasteiger partial charge on any atom is -0.489 e. The predicted molar refractivity (Wildman–Crippen MR) is 142 cm³/mol. The molecule has 1 fully saturated rings. The van der Waals surface area contributed by atoms with E-state index >= 15 is 0 Å². The summed E-state index contributed by atoms with van der Waals surface area (Å²) < 4.78 is 26.0. The van der Waals surface area contributed by atoms with Crippen molar-refractivity contribution in [3.8, 4) is 5.75 Å². The second kappa shape index (κ2) is 11.2. The molecule has 0 spiro atoms. The van der Waals surface area contributed by atoms with Gasteiger partial charge in [0.25, 0.3) is 5.54 Å². The molecule has 0 aromatic heterocycles. The number of esters is 1. The monoisotopic (exact) mass is 499 g/mol. The third-order valence-corrected chi connectivity index (χ3v) is 7.03. The standard InChI is InChI=1S/C32H34FNO3/c1-31(2,3)37-30(35)20-24-12-8-15-29(24)32(34-4,26-13-9-14-27(33)21-26)25-16-18-28(19-17-25)36-22-23-10-6-5-7-11-23/h5-7,9-11,13-14,16-19,21,24,29H,8,12,15,20,22H2,1-3H3/t24-,29+,32?/m1/s1. The fourth-order valence-corrected chi connectivity index (χ4v) is 5.51. The third kappa shape index (κ3) is 6.20. The maximum atomic E-state index is 14.5. The molecule has 4 rings (SSSR count). The zero-order valence-electron chi connectivity index (χ0n) is 21.7. The van der Waals surface area contributed by atoms with E-state index in [1.54, 1.807) is 6.07 Å². The van der Waals surface area contributed by atoms with Gasteiger partial charge in [-0.1, -0.05) is 48.9 Å². The van der Waals surface area contributed by atoms with Crippen LogP contribution in [0.3, 0.4) is 0 Å². The highest BCUT2D eigenvalue weighted by Gasteiger charge is 2.54. The Morgan fingerprint density at radius 2 is 1.70 bits per heavy atom. The van der Waals surface area contributed by atoms with Gasteiger partial charge in [0.05, 0.1) is 0 Å². The molecule has 1 saturated carbocycles. The van der Waals surface area contributed by atoms with E-state index in [2.05, 4.69) is 4.85 Å². The number of ether oxygens (including phenoxy) is 2. The SMILES string of the molecule is [C-]#[N+]C(c1ccc(OCc2ccccc2)cc1)(c1cccc(F)c1)[C@H]1CCC[C@@H]1CC(=O)OC(C)(C)C. The number of carbonyl (C=O) groups excluding carboxylic acids is 1. The summed E-state index contributed by atoms with van der Waals surface area (Å²) in [6.07, 6.45) is 2.75. The highest BCUT2D eigenvalue weighted by Crippen LogP contribution is 2.52. The van der Waals surface area contributed by atoms with E-state index < -0.39 is 11.1 Å². The Morgan fingerprint density at radius 1 is 0.973 bits per heavy atom. The van der Waals surface area contributed by atoms with Gasteiger partial charge >= 0.3 is 5.97 Å². The van der Waals surface area contributed by atoms with Gasteiger partial charge < -0.3 is 9.47 Å². The van der Waals surface area contributed by atoms with E-state index in [0.717, 1.165) is 30.4 Å². The maximum Gasteiger partial charge on any atom is 0.306 e. The molecule has 1 aliphatic carbocycles. The first-order valence-corrected chi connectivity index (χ1v) is 12.8. The van der Waals surface area contributed by atoms with Gasteiger partial charge in [-0.25, -0.2) is 11.0 Å². The molecule has 5 heteroatoms. The second-order valence-corrected chi connectivity index (χ2v) is 10.8. The molecule has 0 amide bonds. The smallest absolute Gasteiger partial charge is 0.306 e. The summed E-state index contributed by atoms with van der Waals surface area (Å²) in [5, 5.41) is 0. The topological polar surface area (TPSA) is 39.9 Å². The quantitative estimate of drug-likeness (QED) is 0.235. The zero-order valence-corrected chi connectivity index (χ0v) is 21.7. The number of hydrogen-bond donors (Lipinski definition) is 0. The molecule has 37 heavy (non-hydrogen) atoms. The molecule has 0 N–H and O–H groups in total. The molecular formula is C32H34FNO3. The van der Waals surface area contributed by atoms with Crippen molar-refractivity contribution in [3.05, 3.63) is 113 Å². The van der Waals surface area contributed by atoms with Crippen molar-refractivity contribution in [2.24, 2.45) is 11.8 Å². The predicted octanol–water partition coefficient (Wildman–Crippen LogP) is 7.72. The summed E-state index contributed by atoms with van der Waals surface area (Å²) in [4.78, 5) is 17.0. The van der Waals surface area contributed by atoms with Gasteiger partial charge in [-0.15, -0.1) is 0 Å². The molecule has 0 radical (unpaired) electrons. The van der Waals surface area contributed by atoms with Crippen LogP contribution in [0.5, 0.6) is 5.75 Å². The third-order valence-electron chi connectivity index (χ3n) is 7.03. The lowest BCUT2D eigenvalue weighted by molar-refractivity contribution is -0.156. The van der Waals surface area contributed by atoms with Crippen molar-refractivity contribution < 1.29 is 18.7 Å². The first-order valence-electron chi connectivity index (χ1n) is 12.8.